The lowest BCUT2D eigenvalue weighted by Gasteiger charge is -2.12. The first-order valence-corrected chi connectivity index (χ1v) is 5.74. The molecule has 0 aliphatic carbocycles. The summed E-state index contributed by atoms with van der Waals surface area (Å²) in [6.45, 7) is 2.89. The molecule has 0 amide bonds. The van der Waals surface area contributed by atoms with Crippen LogP contribution in [0.15, 0.2) is 0 Å². The summed E-state index contributed by atoms with van der Waals surface area (Å²) in [6, 6.07) is 0. The molecule has 0 aliphatic heterocycles. The van der Waals surface area contributed by atoms with E-state index < -0.39 is 7.82 Å². The van der Waals surface area contributed by atoms with Gasteiger partial charge in [-0.15, -0.1) is 0 Å². The van der Waals surface area contributed by atoms with Gasteiger partial charge in [-0.3, -0.25) is 9.05 Å². The predicted molar refractivity (Wildman–Crippen MR) is 50.6 cm³/mol. The maximum absolute atomic E-state index is 11.0. The zero-order valence-corrected chi connectivity index (χ0v) is 9.29. The number of phosphoric ester groups is 1. The van der Waals surface area contributed by atoms with E-state index in [9.17, 15) is 4.57 Å². The van der Waals surface area contributed by atoms with Crippen molar-refractivity contribution in [3.8, 4) is 0 Å². The second-order valence-electron chi connectivity index (χ2n) is 2.88. The summed E-state index contributed by atoms with van der Waals surface area (Å²) in [5.41, 5.74) is 0. The lowest BCUT2D eigenvalue weighted by Crippen LogP contribution is -2.14. The fourth-order valence-electron chi connectivity index (χ4n) is 0.761. The minimum atomic E-state index is -3.77. The third-order valence-electron chi connectivity index (χ3n) is 1.30. The fourth-order valence-corrected chi connectivity index (χ4v) is 1.52. The summed E-state index contributed by atoms with van der Waals surface area (Å²) < 4.78 is 20.2. The van der Waals surface area contributed by atoms with E-state index in [0.29, 0.717) is 6.42 Å². The van der Waals surface area contributed by atoms with Crippen LogP contribution in [-0.4, -0.2) is 43.6 Å². The van der Waals surface area contributed by atoms with Crippen molar-refractivity contribution in [3.05, 3.63) is 0 Å². The largest absolute Gasteiger partial charge is 0.472 e. The van der Waals surface area contributed by atoms with E-state index in [4.69, 9.17) is 4.89 Å². The van der Waals surface area contributed by atoms with E-state index in [1.54, 1.807) is 6.92 Å². The van der Waals surface area contributed by atoms with Crippen LogP contribution < -0.4 is 0 Å². The number of phosphoric acid groups is 1. The Hall–Kier alpha value is 0.0700. The summed E-state index contributed by atoms with van der Waals surface area (Å²) >= 11 is 0. The maximum Gasteiger partial charge on any atom is 0.472 e. The van der Waals surface area contributed by atoms with Crippen molar-refractivity contribution in [2.75, 3.05) is 33.9 Å². The molecule has 1 atom stereocenters. The number of nitrogens with zero attached hydrogens (tertiary/aromatic N) is 1. The van der Waals surface area contributed by atoms with Crippen molar-refractivity contribution in [3.63, 3.8) is 0 Å². The highest BCUT2D eigenvalue weighted by molar-refractivity contribution is 7.47. The van der Waals surface area contributed by atoms with E-state index in [1.165, 1.54) is 0 Å². The van der Waals surface area contributed by atoms with Gasteiger partial charge in [0.15, 0.2) is 0 Å². The molecule has 0 aliphatic rings. The molecule has 0 rings (SSSR count). The first-order chi connectivity index (χ1) is 5.98. The Kier molecular flexibility index (Phi) is 6.55. The summed E-state index contributed by atoms with van der Waals surface area (Å²) in [4.78, 5) is 11.0. The third kappa shape index (κ3) is 8.40. The van der Waals surface area contributed by atoms with Gasteiger partial charge in [0, 0.05) is 0 Å². The standard InChI is InChI=1S/C7H18NO4P/c1-4-11-13(9,10)12-7-5-6-8(2)3/h4-7H2,1-3H3,(H,9,10). The molecular formula is C7H18NO4P. The van der Waals surface area contributed by atoms with E-state index in [2.05, 4.69) is 9.05 Å². The maximum atomic E-state index is 11.0. The van der Waals surface area contributed by atoms with E-state index >= 15 is 0 Å². The Bertz CT molecular complexity index is 174. The van der Waals surface area contributed by atoms with Crippen LogP contribution in [0.3, 0.4) is 0 Å². The molecule has 0 heterocycles. The van der Waals surface area contributed by atoms with Crippen LogP contribution >= 0.6 is 7.82 Å². The van der Waals surface area contributed by atoms with Gasteiger partial charge in [-0.1, -0.05) is 0 Å². The van der Waals surface area contributed by atoms with Gasteiger partial charge in [0.05, 0.1) is 13.2 Å². The average molecular weight is 211 g/mol. The van der Waals surface area contributed by atoms with Crippen molar-refractivity contribution in [2.24, 2.45) is 0 Å². The molecule has 13 heavy (non-hydrogen) atoms. The minimum Gasteiger partial charge on any atom is -0.309 e. The lowest BCUT2D eigenvalue weighted by atomic mass is 10.4. The molecule has 0 aromatic heterocycles. The van der Waals surface area contributed by atoms with E-state index in [-0.39, 0.29) is 13.2 Å². The summed E-state index contributed by atoms with van der Waals surface area (Å²) in [5, 5.41) is 0. The second kappa shape index (κ2) is 6.51. The average Bonchev–Trinajstić information content (AvgIpc) is 1.98. The molecule has 1 unspecified atom stereocenters. The lowest BCUT2D eigenvalue weighted by molar-refractivity contribution is 0.150. The van der Waals surface area contributed by atoms with Gasteiger partial charge < -0.3 is 9.79 Å². The second-order valence-corrected chi connectivity index (χ2v) is 4.33. The Labute approximate surface area is 79.3 Å². The number of rotatable bonds is 7. The molecule has 0 radical (unpaired) electrons. The topological polar surface area (TPSA) is 59.0 Å². The van der Waals surface area contributed by atoms with Gasteiger partial charge in [0.2, 0.25) is 0 Å². The molecule has 6 heteroatoms. The molecule has 0 aromatic carbocycles. The van der Waals surface area contributed by atoms with E-state index in [0.717, 1.165) is 6.54 Å². The Morgan fingerprint density at radius 2 is 2.00 bits per heavy atom. The Morgan fingerprint density at radius 1 is 1.38 bits per heavy atom. The smallest absolute Gasteiger partial charge is 0.309 e. The van der Waals surface area contributed by atoms with Gasteiger partial charge in [0.1, 0.15) is 0 Å². The number of hydrogen-bond donors (Lipinski definition) is 1. The van der Waals surface area contributed by atoms with Crippen LogP contribution in [0.5, 0.6) is 0 Å². The number of hydrogen-bond acceptors (Lipinski definition) is 4. The molecule has 80 valence electrons. The van der Waals surface area contributed by atoms with E-state index in [1.807, 2.05) is 19.0 Å². The van der Waals surface area contributed by atoms with Gasteiger partial charge in [-0.05, 0) is 34.0 Å². The molecule has 1 N–H and O–H groups in total. The van der Waals surface area contributed by atoms with Crippen molar-refractivity contribution in [1.29, 1.82) is 0 Å². The zero-order chi connectivity index (χ0) is 10.3. The quantitative estimate of drug-likeness (QED) is 0.504. The molecule has 0 fully saturated rings. The van der Waals surface area contributed by atoms with Crippen molar-refractivity contribution in [1.82, 2.24) is 4.90 Å². The first kappa shape index (κ1) is 13.1. The molecule has 0 spiro atoms. The van der Waals surface area contributed by atoms with Crippen LogP contribution in [0, 0.1) is 0 Å². The summed E-state index contributed by atoms with van der Waals surface area (Å²) in [7, 11) is 0.0923. The SMILES string of the molecule is CCOP(=O)(O)OCCCN(C)C. The molecule has 0 saturated heterocycles. The van der Waals surface area contributed by atoms with Gasteiger partial charge >= 0.3 is 7.82 Å². The van der Waals surface area contributed by atoms with Crippen LogP contribution in [0.4, 0.5) is 0 Å². The minimum absolute atomic E-state index is 0.182. The fraction of sp³-hybridized carbons (Fsp3) is 1.00. The summed E-state index contributed by atoms with van der Waals surface area (Å²) in [5.74, 6) is 0. The summed E-state index contributed by atoms with van der Waals surface area (Å²) in [6.07, 6.45) is 0.713. The van der Waals surface area contributed by atoms with Crippen LogP contribution in [-0.2, 0) is 13.6 Å². The Morgan fingerprint density at radius 3 is 2.46 bits per heavy atom. The highest BCUT2D eigenvalue weighted by Crippen LogP contribution is 2.42. The van der Waals surface area contributed by atoms with Crippen LogP contribution in [0.1, 0.15) is 13.3 Å². The molecule has 0 aromatic rings. The Balaban J connectivity index is 3.46. The van der Waals surface area contributed by atoms with Gasteiger partial charge in [-0.25, -0.2) is 4.57 Å². The predicted octanol–water partition coefficient (Wildman–Crippen LogP) is 1.09. The van der Waals surface area contributed by atoms with Crippen LogP contribution in [0.25, 0.3) is 0 Å². The normalized spacial score (nSPS) is 16.1. The molecule has 0 bridgehead atoms. The highest BCUT2D eigenvalue weighted by Gasteiger charge is 2.18. The van der Waals surface area contributed by atoms with Crippen molar-refractivity contribution >= 4 is 7.82 Å². The molecular weight excluding hydrogens is 193 g/mol. The monoisotopic (exact) mass is 211 g/mol. The zero-order valence-electron chi connectivity index (χ0n) is 8.39. The third-order valence-corrected chi connectivity index (χ3v) is 2.39. The molecule has 0 saturated carbocycles. The van der Waals surface area contributed by atoms with Gasteiger partial charge in [0.25, 0.3) is 0 Å². The van der Waals surface area contributed by atoms with Crippen molar-refractivity contribution < 1.29 is 18.5 Å². The molecule has 5 nitrogen and oxygen atoms in total. The van der Waals surface area contributed by atoms with Gasteiger partial charge in [-0.2, -0.15) is 0 Å². The highest BCUT2D eigenvalue weighted by atomic mass is 31.2. The van der Waals surface area contributed by atoms with Crippen molar-refractivity contribution in [2.45, 2.75) is 13.3 Å². The first-order valence-electron chi connectivity index (χ1n) is 4.24. The van der Waals surface area contributed by atoms with Crippen LogP contribution in [0.2, 0.25) is 0 Å².